The highest BCUT2D eigenvalue weighted by molar-refractivity contribution is 8.07. The first-order valence-electron chi connectivity index (χ1n) is 1.79. The van der Waals surface area contributed by atoms with Crippen molar-refractivity contribution in [2.24, 2.45) is 0 Å². The fourth-order valence-electron chi connectivity index (χ4n) is 0. The van der Waals surface area contributed by atoms with Gasteiger partial charge in [0.05, 0.1) is 0 Å². The molecule has 1 nitrogen and oxygen atoms in total. The van der Waals surface area contributed by atoms with Crippen molar-refractivity contribution in [3.63, 3.8) is 0 Å². The highest BCUT2D eigenvalue weighted by Crippen LogP contribution is 1.84. The molecule has 0 saturated heterocycles. The standard InChI is InChI=1S/C3H7BOS/c1-3(2)6(4)5/h3H,1-2H3. The predicted octanol–water partition coefficient (Wildman–Crippen LogP) is 0.227. The summed E-state index contributed by atoms with van der Waals surface area (Å²) in [6.45, 7) is 3.63. The third-order valence-electron chi connectivity index (χ3n) is 0.465. The quantitative estimate of drug-likeness (QED) is 0.433. The smallest absolute Gasteiger partial charge is 0.210 e. The number of hydrogen-bond acceptors (Lipinski definition) is 1. The maximum atomic E-state index is 10.0. The molecular formula is C3H7BOS. The Kier molecular flexibility index (Phi) is 2.48. The fraction of sp³-hybridized carbons (Fsp3) is 1.00. The summed E-state index contributed by atoms with van der Waals surface area (Å²) < 4.78 is 10.0. The van der Waals surface area contributed by atoms with Gasteiger partial charge in [-0.15, -0.1) is 0 Å². The summed E-state index contributed by atoms with van der Waals surface area (Å²) in [6, 6.07) is 0. The first-order chi connectivity index (χ1) is 2.64. The molecule has 0 aromatic heterocycles. The lowest BCUT2D eigenvalue weighted by atomic mass is 10.6. The normalized spacial score (nSPS) is 15.2. The SMILES string of the molecule is [B]S(=O)C(C)C. The summed E-state index contributed by atoms with van der Waals surface area (Å²) in [5.41, 5.74) is 0. The molecule has 0 spiro atoms. The molecule has 0 fully saturated rings. The lowest BCUT2D eigenvalue weighted by Crippen LogP contribution is -2.02. The summed E-state index contributed by atoms with van der Waals surface area (Å²) in [7, 11) is 3.79. The summed E-state index contributed by atoms with van der Waals surface area (Å²) in [6.07, 6.45) is 0. The third kappa shape index (κ3) is 2.45. The summed E-state index contributed by atoms with van der Waals surface area (Å²) in [5, 5.41) is 0.102. The first-order valence-corrected chi connectivity index (χ1v) is 3.07. The van der Waals surface area contributed by atoms with E-state index in [1.807, 2.05) is 13.8 Å². The summed E-state index contributed by atoms with van der Waals surface area (Å²) in [5.74, 6) is 0. The van der Waals surface area contributed by atoms with Crippen LogP contribution in [0.3, 0.4) is 0 Å². The van der Waals surface area contributed by atoms with Crippen LogP contribution in [0.15, 0.2) is 0 Å². The molecule has 0 aliphatic rings. The van der Waals surface area contributed by atoms with E-state index in [-0.39, 0.29) is 5.25 Å². The monoisotopic (exact) mass is 102 g/mol. The zero-order chi connectivity index (χ0) is 5.15. The Balaban J connectivity index is 3.26. The minimum Gasteiger partial charge on any atom is -0.273 e. The molecule has 1 atom stereocenters. The molecule has 0 rings (SSSR count). The minimum absolute atomic E-state index is 0.102. The van der Waals surface area contributed by atoms with Crippen LogP contribution in [0.5, 0.6) is 0 Å². The third-order valence-corrected chi connectivity index (χ3v) is 1.39. The fourth-order valence-corrected chi connectivity index (χ4v) is 0. The minimum atomic E-state index is -1.12. The maximum Gasteiger partial charge on any atom is 0.210 e. The zero-order valence-electron chi connectivity index (χ0n) is 3.97. The molecular weight excluding hydrogens is 94.9 g/mol. The molecule has 0 amide bonds. The van der Waals surface area contributed by atoms with Crippen LogP contribution in [-0.4, -0.2) is 16.6 Å². The van der Waals surface area contributed by atoms with E-state index in [4.69, 9.17) is 7.12 Å². The molecule has 0 aliphatic heterocycles. The van der Waals surface area contributed by atoms with Gasteiger partial charge in [0.25, 0.3) is 0 Å². The molecule has 0 heterocycles. The van der Waals surface area contributed by atoms with E-state index < -0.39 is 10.7 Å². The van der Waals surface area contributed by atoms with E-state index in [2.05, 4.69) is 0 Å². The Hall–Kier alpha value is 0.215. The van der Waals surface area contributed by atoms with E-state index >= 15 is 0 Å². The Morgan fingerprint density at radius 3 is 1.83 bits per heavy atom. The van der Waals surface area contributed by atoms with Gasteiger partial charge in [0.1, 0.15) is 0 Å². The average molecular weight is 102 g/mol. The lowest BCUT2D eigenvalue weighted by Gasteiger charge is -1.93. The number of rotatable bonds is 1. The maximum absolute atomic E-state index is 10.0. The Labute approximate surface area is 41.9 Å². The van der Waals surface area contributed by atoms with Gasteiger partial charge < -0.3 is 0 Å². The summed E-state index contributed by atoms with van der Waals surface area (Å²) in [4.78, 5) is 0. The van der Waals surface area contributed by atoms with Gasteiger partial charge in [0.15, 0.2) is 0 Å². The molecule has 0 N–H and O–H groups in total. The first kappa shape index (κ1) is 6.21. The van der Waals surface area contributed by atoms with Crippen LogP contribution in [0.4, 0.5) is 0 Å². The van der Waals surface area contributed by atoms with E-state index in [1.54, 1.807) is 0 Å². The average Bonchev–Trinajstić information content (AvgIpc) is 1.36. The molecule has 0 saturated carbocycles. The van der Waals surface area contributed by atoms with E-state index in [0.717, 1.165) is 0 Å². The summed E-state index contributed by atoms with van der Waals surface area (Å²) >= 11 is 0. The zero-order valence-corrected chi connectivity index (χ0v) is 4.79. The van der Waals surface area contributed by atoms with Gasteiger partial charge in [-0.25, -0.2) is 0 Å². The van der Waals surface area contributed by atoms with Gasteiger partial charge in [-0.3, -0.25) is 4.21 Å². The van der Waals surface area contributed by atoms with Crippen LogP contribution in [0.2, 0.25) is 0 Å². The Bertz CT molecular complexity index is 61.8. The molecule has 34 valence electrons. The van der Waals surface area contributed by atoms with Gasteiger partial charge in [0.2, 0.25) is 7.12 Å². The molecule has 0 aromatic rings. The van der Waals surface area contributed by atoms with Crippen molar-refractivity contribution in [2.45, 2.75) is 19.1 Å². The molecule has 3 heteroatoms. The van der Waals surface area contributed by atoms with Crippen LogP contribution < -0.4 is 0 Å². The van der Waals surface area contributed by atoms with Gasteiger partial charge in [-0.1, -0.05) is 13.8 Å². The van der Waals surface area contributed by atoms with Crippen LogP contribution in [0.25, 0.3) is 0 Å². The second-order valence-electron chi connectivity index (χ2n) is 1.38. The highest BCUT2D eigenvalue weighted by Gasteiger charge is 1.92. The molecule has 6 heavy (non-hydrogen) atoms. The predicted molar refractivity (Wildman–Crippen MR) is 29.0 cm³/mol. The van der Waals surface area contributed by atoms with Crippen LogP contribution >= 0.6 is 0 Å². The molecule has 2 radical (unpaired) electrons. The van der Waals surface area contributed by atoms with Crippen LogP contribution in [-0.2, 0) is 10.7 Å². The molecule has 0 aromatic carbocycles. The molecule has 0 aliphatic carbocycles. The number of hydrogen-bond donors (Lipinski definition) is 0. The largest absolute Gasteiger partial charge is 0.273 e. The van der Waals surface area contributed by atoms with Gasteiger partial charge in [0, 0.05) is 5.25 Å². The lowest BCUT2D eigenvalue weighted by molar-refractivity contribution is 0.685. The van der Waals surface area contributed by atoms with Crippen molar-refractivity contribution in [3.05, 3.63) is 0 Å². The molecule has 0 bridgehead atoms. The second kappa shape index (κ2) is 2.40. The van der Waals surface area contributed by atoms with Gasteiger partial charge in [-0.2, -0.15) is 0 Å². The van der Waals surface area contributed by atoms with Crippen molar-refractivity contribution < 1.29 is 4.21 Å². The highest BCUT2D eigenvalue weighted by atomic mass is 32.2. The Morgan fingerprint density at radius 1 is 1.67 bits per heavy atom. The van der Waals surface area contributed by atoms with Gasteiger partial charge in [-0.05, 0) is 10.7 Å². The van der Waals surface area contributed by atoms with Crippen molar-refractivity contribution in [1.29, 1.82) is 0 Å². The molecule has 1 unspecified atom stereocenters. The van der Waals surface area contributed by atoms with Crippen molar-refractivity contribution in [3.8, 4) is 0 Å². The van der Waals surface area contributed by atoms with Crippen molar-refractivity contribution in [2.75, 3.05) is 0 Å². The topological polar surface area (TPSA) is 17.1 Å². The Morgan fingerprint density at radius 2 is 1.83 bits per heavy atom. The van der Waals surface area contributed by atoms with Gasteiger partial charge >= 0.3 is 0 Å². The van der Waals surface area contributed by atoms with E-state index in [9.17, 15) is 4.21 Å². The van der Waals surface area contributed by atoms with Crippen LogP contribution in [0.1, 0.15) is 13.8 Å². The van der Waals surface area contributed by atoms with Crippen LogP contribution in [0, 0.1) is 0 Å². The van der Waals surface area contributed by atoms with E-state index in [1.165, 1.54) is 0 Å². The van der Waals surface area contributed by atoms with Crippen molar-refractivity contribution >= 4 is 17.8 Å². The van der Waals surface area contributed by atoms with E-state index in [0.29, 0.717) is 0 Å². The van der Waals surface area contributed by atoms with Crippen molar-refractivity contribution in [1.82, 2.24) is 0 Å². The second-order valence-corrected chi connectivity index (χ2v) is 2.98.